The Hall–Kier alpha value is -1.03. The zero-order valence-electron chi connectivity index (χ0n) is 9.74. The third kappa shape index (κ3) is 1.35. The molecule has 4 heteroatoms. The lowest BCUT2D eigenvalue weighted by Gasteiger charge is -2.31. The quantitative estimate of drug-likeness (QED) is 0.821. The van der Waals surface area contributed by atoms with Crippen molar-refractivity contribution in [2.24, 2.45) is 12.5 Å². The van der Waals surface area contributed by atoms with E-state index in [0.29, 0.717) is 5.75 Å². The van der Waals surface area contributed by atoms with Crippen LogP contribution < -0.4 is 4.74 Å². The molecule has 1 aromatic heterocycles. The maximum Gasteiger partial charge on any atom is 0.162 e. The van der Waals surface area contributed by atoms with E-state index in [1.165, 1.54) is 0 Å². The van der Waals surface area contributed by atoms with E-state index in [4.69, 9.17) is 4.74 Å². The first-order valence-corrected chi connectivity index (χ1v) is 5.21. The molecule has 1 saturated carbocycles. The zero-order chi connectivity index (χ0) is 11.3. The molecule has 15 heavy (non-hydrogen) atoms. The molecule has 0 saturated heterocycles. The summed E-state index contributed by atoms with van der Waals surface area (Å²) in [6.45, 7) is 3.94. The molecule has 1 fully saturated rings. The maximum absolute atomic E-state index is 10.6. The first-order valence-electron chi connectivity index (χ1n) is 5.21. The second-order valence-corrected chi connectivity index (χ2v) is 4.82. The van der Waals surface area contributed by atoms with Gasteiger partial charge in [0.25, 0.3) is 0 Å². The second kappa shape index (κ2) is 2.98. The van der Waals surface area contributed by atoms with E-state index in [1.54, 1.807) is 18.0 Å². The molecular weight excluding hydrogens is 192 g/mol. The van der Waals surface area contributed by atoms with Crippen molar-refractivity contribution in [3.8, 4) is 5.75 Å². The molecule has 0 bridgehead atoms. The summed E-state index contributed by atoms with van der Waals surface area (Å²) < 4.78 is 6.93. The average molecular weight is 210 g/mol. The number of ether oxygens (including phenoxy) is 1. The second-order valence-electron chi connectivity index (χ2n) is 4.82. The number of rotatable bonds is 3. The fraction of sp³-hybridized carbons (Fsp3) is 0.727. The standard InChI is InChI=1S/C11H18N2O2/c1-10(5-6-10)11(2,14)9-8(15-4)7-12-13(9)3/h7,14H,5-6H2,1-4H3. The molecule has 0 spiro atoms. The van der Waals surface area contributed by atoms with E-state index in [0.717, 1.165) is 18.5 Å². The van der Waals surface area contributed by atoms with E-state index >= 15 is 0 Å². The normalized spacial score (nSPS) is 22.2. The third-order valence-electron chi connectivity index (χ3n) is 3.76. The summed E-state index contributed by atoms with van der Waals surface area (Å²) in [4.78, 5) is 0. The summed E-state index contributed by atoms with van der Waals surface area (Å²) >= 11 is 0. The third-order valence-corrected chi connectivity index (χ3v) is 3.76. The number of aromatic nitrogens is 2. The zero-order valence-corrected chi connectivity index (χ0v) is 9.74. The van der Waals surface area contributed by atoms with Crippen LogP contribution in [0, 0.1) is 5.41 Å². The molecule has 1 heterocycles. The SMILES string of the molecule is COc1cnn(C)c1C(C)(O)C1(C)CC1. The predicted molar refractivity (Wildman–Crippen MR) is 56.7 cm³/mol. The Morgan fingerprint density at radius 3 is 2.67 bits per heavy atom. The molecule has 1 N–H and O–H groups in total. The van der Waals surface area contributed by atoms with E-state index in [2.05, 4.69) is 12.0 Å². The minimum Gasteiger partial charge on any atom is -0.493 e. The van der Waals surface area contributed by atoms with Crippen LogP contribution in [0.3, 0.4) is 0 Å². The van der Waals surface area contributed by atoms with Crippen molar-refractivity contribution in [2.75, 3.05) is 7.11 Å². The molecule has 1 atom stereocenters. The highest BCUT2D eigenvalue weighted by molar-refractivity contribution is 5.33. The number of aryl methyl sites for hydroxylation is 1. The summed E-state index contributed by atoms with van der Waals surface area (Å²) in [6.07, 6.45) is 3.75. The smallest absolute Gasteiger partial charge is 0.162 e. The Balaban J connectivity index is 2.47. The highest BCUT2D eigenvalue weighted by atomic mass is 16.5. The minimum atomic E-state index is -0.871. The Morgan fingerprint density at radius 1 is 1.60 bits per heavy atom. The molecule has 0 amide bonds. The molecule has 0 aromatic carbocycles. The van der Waals surface area contributed by atoms with Gasteiger partial charge in [-0.2, -0.15) is 5.10 Å². The molecule has 84 valence electrons. The number of nitrogens with zero attached hydrogens (tertiary/aromatic N) is 2. The maximum atomic E-state index is 10.6. The van der Waals surface area contributed by atoms with Crippen LogP contribution in [-0.4, -0.2) is 22.0 Å². The van der Waals surface area contributed by atoms with Crippen molar-refractivity contribution in [1.82, 2.24) is 9.78 Å². The highest BCUT2D eigenvalue weighted by Crippen LogP contribution is 2.58. The fourth-order valence-electron chi connectivity index (χ4n) is 2.08. The van der Waals surface area contributed by atoms with Crippen LogP contribution in [0.25, 0.3) is 0 Å². The van der Waals surface area contributed by atoms with E-state index in [-0.39, 0.29) is 5.41 Å². The van der Waals surface area contributed by atoms with E-state index in [1.807, 2.05) is 14.0 Å². The summed E-state index contributed by atoms with van der Waals surface area (Å²) in [5.41, 5.74) is -0.137. The van der Waals surface area contributed by atoms with Crippen LogP contribution in [0.5, 0.6) is 5.75 Å². The topological polar surface area (TPSA) is 47.3 Å². The van der Waals surface area contributed by atoms with Crippen molar-refractivity contribution < 1.29 is 9.84 Å². The summed E-state index contributed by atoms with van der Waals surface area (Å²) in [5, 5.41) is 14.8. The Morgan fingerprint density at radius 2 is 2.20 bits per heavy atom. The molecule has 0 aliphatic heterocycles. The van der Waals surface area contributed by atoms with Gasteiger partial charge in [-0.25, -0.2) is 0 Å². The van der Waals surface area contributed by atoms with Crippen molar-refractivity contribution in [3.63, 3.8) is 0 Å². The van der Waals surface area contributed by atoms with Crippen LogP contribution in [0.4, 0.5) is 0 Å². The van der Waals surface area contributed by atoms with E-state index < -0.39 is 5.60 Å². The Labute approximate surface area is 89.9 Å². The summed E-state index contributed by atoms with van der Waals surface area (Å²) in [6, 6.07) is 0. The van der Waals surface area contributed by atoms with Crippen molar-refractivity contribution in [3.05, 3.63) is 11.9 Å². The van der Waals surface area contributed by atoms with Gasteiger partial charge in [-0.15, -0.1) is 0 Å². The van der Waals surface area contributed by atoms with Gasteiger partial charge in [0.2, 0.25) is 0 Å². The largest absolute Gasteiger partial charge is 0.493 e. The van der Waals surface area contributed by atoms with Gasteiger partial charge in [-0.05, 0) is 19.8 Å². The van der Waals surface area contributed by atoms with Crippen molar-refractivity contribution in [1.29, 1.82) is 0 Å². The predicted octanol–water partition coefficient (Wildman–Crippen LogP) is 1.44. The van der Waals surface area contributed by atoms with Crippen LogP contribution in [0.15, 0.2) is 6.20 Å². The lowest BCUT2D eigenvalue weighted by Crippen LogP contribution is -2.34. The van der Waals surface area contributed by atoms with Crippen molar-refractivity contribution >= 4 is 0 Å². The van der Waals surface area contributed by atoms with Crippen molar-refractivity contribution in [2.45, 2.75) is 32.3 Å². The van der Waals surface area contributed by atoms with E-state index in [9.17, 15) is 5.11 Å². The van der Waals surface area contributed by atoms with Crippen LogP contribution in [0.2, 0.25) is 0 Å². The van der Waals surface area contributed by atoms with Gasteiger partial charge in [-0.3, -0.25) is 4.68 Å². The van der Waals surface area contributed by atoms with Crippen LogP contribution in [-0.2, 0) is 12.6 Å². The first-order chi connectivity index (χ1) is 6.92. The van der Waals surface area contributed by atoms with Crippen LogP contribution in [0.1, 0.15) is 32.4 Å². The molecule has 1 aromatic rings. The summed E-state index contributed by atoms with van der Waals surface area (Å²) in [5.74, 6) is 0.663. The minimum absolute atomic E-state index is 0.0337. The van der Waals surface area contributed by atoms with Gasteiger partial charge in [0.05, 0.1) is 13.3 Å². The number of methoxy groups -OCH3 is 1. The Kier molecular flexibility index (Phi) is 2.08. The van der Waals surface area contributed by atoms with Gasteiger partial charge in [-0.1, -0.05) is 6.92 Å². The fourth-order valence-corrected chi connectivity index (χ4v) is 2.08. The molecular formula is C11H18N2O2. The van der Waals surface area contributed by atoms with Gasteiger partial charge in [0.15, 0.2) is 5.75 Å². The average Bonchev–Trinajstić information content (AvgIpc) is 2.80. The monoisotopic (exact) mass is 210 g/mol. The lowest BCUT2D eigenvalue weighted by molar-refractivity contribution is -0.0217. The van der Waals surface area contributed by atoms with Gasteiger partial charge < -0.3 is 9.84 Å². The Bertz CT molecular complexity index is 378. The number of hydrogen-bond acceptors (Lipinski definition) is 3. The van der Waals surface area contributed by atoms with Gasteiger partial charge >= 0.3 is 0 Å². The molecule has 4 nitrogen and oxygen atoms in total. The lowest BCUT2D eigenvalue weighted by atomic mass is 9.84. The van der Waals surface area contributed by atoms with Gasteiger partial charge in [0, 0.05) is 12.5 Å². The van der Waals surface area contributed by atoms with Crippen LogP contribution >= 0.6 is 0 Å². The highest BCUT2D eigenvalue weighted by Gasteiger charge is 2.55. The molecule has 1 aliphatic rings. The number of hydrogen-bond donors (Lipinski definition) is 1. The number of aliphatic hydroxyl groups is 1. The molecule has 1 aliphatic carbocycles. The van der Waals surface area contributed by atoms with Gasteiger partial charge in [0.1, 0.15) is 11.3 Å². The molecule has 2 rings (SSSR count). The molecule has 1 unspecified atom stereocenters. The molecule has 0 radical (unpaired) electrons. The first kappa shape index (κ1) is 10.5. The summed E-state index contributed by atoms with van der Waals surface area (Å²) in [7, 11) is 3.43.